The van der Waals surface area contributed by atoms with Crippen LogP contribution in [-0.4, -0.2) is 25.5 Å². The summed E-state index contributed by atoms with van der Waals surface area (Å²) in [6.45, 7) is -2.90. The summed E-state index contributed by atoms with van der Waals surface area (Å²) in [6, 6.07) is 21.6. The molecule has 0 aliphatic carbocycles. The van der Waals surface area contributed by atoms with Crippen molar-refractivity contribution < 1.29 is 23.1 Å². The molecule has 0 bridgehead atoms. The zero-order chi connectivity index (χ0) is 22.2. The van der Waals surface area contributed by atoms with Gasteiger partial charge in [-0.15, -0.1) is 0 Å². The van der Waals surface area contributed by atoms with E-state index in [1.165, 1.54) is 12.1 Å². The average molecular weight is 422 g/mol. The van der Waals surface area contributed by atoms with Gasteiger partial charge in [-0.3, -0.25) is 9.59 Å². The molecule has 0 radical (unpaired) electrons. The van der Waals surface area contributed by atoms with Crippen LogP contribution in [0.4, 0.5) is 14.5 Å². The lowest BCUT2D eigenvalue weighted by molar-refractivity contribution is -0.111. The molecule has 5 nitrogen and oxygen atoms in total. The van der Waals surface area contributed by atoms with Crippen LogP contribution in [0.5, 0.6) is 5.75 Å². The number of rotatable bonds is 7. The van der Waals surface area contributed by atoms with Crippen molar-refractivity contribution in [3.63, 3.8) is 0 Å². The minimum absolute atomic E-state index is 0.0362. The van der Waals surface area contributed by atoms with E-state index in [9.17, 15) is 18.4 Å². The molecule has 2 N–H and O–H groups in total. The molecule has 0 unspecified atom stereocenters. The van der Waals surface area contributed by atoms with Gasteiger partial charge in [0.1, 0.15) is 5.75 Å². The summed E-state index contributed by atoms with van der Waals surface area (Å²) < 4.78 is 29.0. The van der Waals surface area contributed by atoms with Crippen LogP contribution in [0.3, 0.4) is 0 Å². The highest BCUT2D eigenvalue weighted by Gasteiger charge is 2.13. The number of amides is 2. The van der Waals surface area contributed by atoms with Crippen molar-refractivity contribution in [2.24, 2.45) is 0 Å². The zero-order valence-corrected chi connectivity index (χ0v) is 16.6. The molecule has 0 saturated heterocycles. The van der Waals surface area contributed by atoms with Crippen LogP contribution in [-0.2, 0) is 4.79 Å². The third-order valence-corrected chi connectivity index (χ3v) is 4.38. The molecule has 3 aromatic carbocycles. The standard InChI is InChI=1S/C24H20F2N2O3/c1-27-22(29)18-9-11-19(12-10-18)28-23(30)21(17-5-3-2-4-6-17)15-16-7-13-20(14-8-16)31-24(25)26/h2-15,24H,1H3,(H,27,29)(H,28,30)/b21-15+. The first kappa shape index (κ1) is 21.7. The summed E-state index contributed by atoms with van der Waals surface area (Å²) in [5.41, 5.74) is 2.73. The van der Waals surface area contributed by atoms with E-state index in [0.29, 0.717) is 28.0 Å². The predicted molar refractivity (Wildman–Crippen MR) is 116 cm³/mol. The summed E-state index contributed by atoms with van der Waals surface area (Å²) in [6.07, 6.45) is 1.66. The number of carbonyl (C=O) groups is 2. The highest BCUT2D eigenvalue weighted by atomic mass is 19.3. The van der Waals surface area contributed by atoms with Gasteiger partial charge in [-0.1, -0.05) is 42.5 Å². The van der Waals surface area contributed by atoms with Gasteiger partial charge in [0.25, 0.3) is 11.8 Å². The maximum atomic E-state index is 13.0. The van der Waals surface area contributed by atoms with Gasteiger partial charge in [0.15, 0.2) is 0 Å². The molecule has 31 heavy (non-hydrogen) atoms. The molecular weight excluding hydrogens is 402 g/mol. The Morgan fingerprint density at radius 2 is 1.52 bits per heavy atom. The van der Waals surface area contributed by atoms with Crippen LogP contribution >= 0.6 is 0 Å². The molecule has 0 aromatic heterocycles. The van der Waals surface area contributed by atoms with Crippen LogP contribution in [0.25, 0.3) is 11.6 Å². The lowest BCUT2D eigenvalue weighted by Crippen LogP contribution is -2.18. The molecule has 3 rings (SSSR count). The number of carbonyl (C=O) groups excluding carboxylic acids is 2. The van der Waals surface area contributed by atoms with Gasteiger partial charge in [0.05, 0.1) is 0 Å². The van der Waals surface area contributed by atoms with E-state index < -0.39 is 6.61 Å². The summed E-state index contributed by atoms with van der Waals surface area (Å²) >= 11 is 0. The molecule has 7 heteroatoms. The van der Waals surface area contributed by atoms with E-state index in [-0.39, 0.29) is 17.6 Å². The van der Waals surface area contributed by atoms with Gasteiger partial charge in [-0.2, -0.15) is 8.78 Å². The van der Waals surface area contributed by atoms with Crippen molar-refractivity contribution in [3.05, 3.63) is 95.6 Å². The summed E-state index contributed by atoms with van der Waals surface area (Å²) in [7, 11) is 1.54. The van der Waals surface area contributed by atoms with E-state index in [0.717, 1.165) is 0 Å². The molecule has 0 spiro atoms. The van der Waals surface area contributed by atoms with Crippen molar-refractivity contribution in [2.45, 2.75) is 6.61 Å². The lowest BCUT2D eigenvalue weighted by atomic mass is 10.0. The Labute approximate surface area is 178 Å². The first-order valence-electron chi connectivity index (χ1n) is 9.42. The zero-order valence-electron chi connectivity index (χ0n) is 16.6. The Balaban J connectivity index is 1.86. The second-order valence-corrected chi connectivity index (χ2v) is 6.48. The second-order valence-electron chi connectivity index (χ2n) is 6.48. The molecule has 0 fully saturated rings. The van der Waals surface area contributed by atoms with Crippen LogP contribution in [0.1, 0.15) is 21.5 Å². The Morgan fingerprint density at radius 3 is 2.10 bits per heavy atom. The number of benzene rings is 3. The van der Waals surface area contributed by atoms with Crippen molar-refractivity contribution >= 4 is 29.2 Å². The summed E-state index contributed by atoms with van der Waals surface area (Å²) in [5, 5.41) is 5.36. The molecule has 158 valence electrons. The van der Waals surface area contributed by atoms with E-state index >= 15 is 0 Å². The number of anilines is 1. The van der Waals surface area contributed by atoms with Gasteiger partial charge in [-0.05, 0) is 53.6 Å². The molecule has 0 saturated carbocycles. The topological polar surface area (TPSA) is 67.4 Å². The molecule has 2 amide bonds. The minimum Gasteiger partial charge on any atom is -0.435 e. The highest BCUT2D eigenvalue weighted by Crippen LogP contribution is 2.23. The molecule has 0 aliphatic rings. The van der Waals surface area contributed by atoms with E-state index in [2.05, 4.69) is 15.4 Å². The van der Waals surface area contributed by atoms with E-state index in [4.69, 9.17) is 0 Å². The van der Waals surface area contributed by atoms with Gasteiger partial charge in [0, 0.05) is 23.9 Å². The number of ether oxygens (including phenoxy) is 1. The maximum Gasteiger partial charge on any atom is 0.387 e. The highest BCUT2D eigenvalue weighted by molar-refractivity contribution is 6.29. The van der Waals surface area contributed by atoms with Gasteiger partial charge >= 0.3 is 6.61 Å². The quantitative estimate of drug-likeness (QED) is 0.424. The lowest BCUT2D eigenvalue weighted by Gasteiger charge is -2.11. The molecule has 0 aliphatic heterocycles. The third kappa shape index (κ3) is 5.99. The van der Waals surface area contributed by atoms with Crippen LogP contribution < -0.4 is 15.4 Å². The fourth-order valence-corrected chi connectivity index (χ4v) is 2.86. The Bertz CT molecular complexity index is 1060. The number of nitrogens with one attached hydrogen (secondary N) is 2. The summed E-state index contributed by atoms with van der Waals surface area (Å²) in [5.74, 6) is -0.539. The van der Waals surface area contributed by atoms with Crippen LogP contribution in [0, 0.1) is 0 Å². The molecule has 3 aromatic rings. The average Bonchev–Trinajstić information content (AvgIpc) is 2.78. The number of alkyl halides is 2. The molecule has 0 atom stereocenters. The predicted octanol–water partition coefficient (Wildman–Crippen LogP) is 4.83. The second kappa shape index (κ2) is 10.2. The van der Waals surface area contributed by atoms with Crippen molar-refractivity contribution in [3.8, 4) is 5.75 Å². The first-order valence-corrected chi connectivity index (χ1v) is 9.42. The smallest absolute Gasteiger partial charge is 0.387 e. The Morgan fingerprint density at radius 1 is 0.871 bits per heavy atom. The number of halogens is 2. The number of hydrogen-bond donors (Lipinski definition) is 2. The van der Waals surface area contributed by atoms with Crippen LogP contribution in [0.2, 0.25) is 0 Å². The van der Waals surface area contributed by atoms with Gasteiger partial charge in [-0.25, -0.2) is 0 Å². The van der Waals surface area contributed by atoms with Crippen molar-refractivity contribution in [1.29, 1.82) is 0 Å². The van der Waals surface area contributed by atoms with Crippen molar-refractivity contribution in [2.75, 3.05) is 12.4 Å². The largest absolute Gasteiger partial charge is 0.435 e. The molecule has 0 heterocycles. The van der Waals surface area contributed by atoms with Crippen molar-refractivity contribution in [1.82, 2.24) is 5.32 Å². The normalized spacial score (nSPS) is 11.2. The fourth-order valence-electron chi connectivity index (χ4n) is 2.86. The van der Waals surface area contributed by atoms with Crippen LogP contribution in [0.15, 0.2) is 78.9 Å². The maximum absolute atomic E-state index is 13.0. The Kier molecular flexibility index (Phi) is 7.11. The SMILES string of the molecule is CNC(=O)c1ccc(NC(=O)/C(=C/c2ccc(OC(F)F)cc2)c2ccccc2)cc1. The van der Waals surface area contributed by atoms with Gasteiger partial charge < -0.3 is 15.4 Å². The number of hydrogen-bond acceptors (Lipinski definition) is 3. The minimum atomic E-state index is -2.90. The monoisotopic (exact) mass is 422 g/mol. The van der Waals surface area contributed by atoms with E-state index in [1.807, 2.05) is 18.2 Å². The third-order valence-electron chi connectivity index (χ3n) is 4.38. The first-order chi connectivity index (χ1) is 15.0. The molecular formula is C24H20F2N2O3. The fraction of sp³-hybridized carbons (Fsp3) is 0.0833. The van der Waals surface area contributed by atoms with Gasteiger partial charge in [0.2, 0.25) is 0 Å². The van der Waals surface area contributed by atoms with E-state index in [1.54, 1.807) is 61.7 Å². The summed E-state index contributed by atoms with van der Waals surface area (Å²) in [4.78, 5) is 24.7. The Hall–Kier alpha value is -4.00.